The second-order valence-corrected chi connectivity index (χ2v) is 6.06. The van der Waals surface area contributed by atoms with Crippen molar-refractivity contribution >= 4 is 5.91 Å². The van der Waals surface area contributed by atoms with E-state index in [2.05, 4.69) is 19.4 Å². The summed E-state index contributed by atoms with van der Waals surface area (Å²) in [5.74, 6) is 1.47. The van der Waals surface area contributed by atoms with Crippen molar-refractivity contribution in [2.24, 2.45) is 7.05 Å². The van der Waals surface area contributed by atoms with Crippen molar-refractivity contribution in [3.63, 3.8) is 0 Å². The first kappa shape index (κ1) is 14.5. The van der Waals surface area contributed by atoms with Gasteiger partial charge in [0, 0.05) is 71.7 Å². The number of likely N-dealkylation sites (tertiary alicyclic amines) is 1. The Bertz CT molecular complexity index is 478. The van der Waals surface area contributed by atoms with Crippen LogP contribution >= 0.6 is 0 Å². The topological polar surface area (TPSA) is 44.6 Å². The average molecular weight is 291 g/mol. The van der Waals surface area contributed by atoms with E-state index in [0.29, 0.717) is 5.91 Å². The normalized spacial score (nSPS) is 21.4. The average Bonchev–Trinajstić information content (AvgIpc) is 3.08. The van der Waals surface area contributed by atoms with E-state index in [4.69, 9.17) is 0 Å². The molecule has 2 aliphatic heterocycles. The number of rotatable bonds is 5. The Morgan fingerprint density at radius 3 is 2.48 bits per heavy atom. The molecule has 0 aromatic carbocycles. The number of hydrogen-bond donors (Lipinski definition) is 0. The Hall–Kier alpha value is -1.40. The van der Waals surface area contributed by atoms with Crippen molar-refractivity contribution in [2.75, 3.05) is 45.8 Å². The summed E-state index contributed by atoms with van der Waals surface area (Å²) >= 11 is 0. The molecule has 6 heteroatoms. The van der Waals surface area contributed by atoms with E-state index >= 15 is 0 Å². The summed E-state index contributed by atoms with van der Waals surface area (Å²) in [6.07, 6.45) is 5.64. The number of aryl methyl sites for hydroxylation is 1. The quantitative estimate of drug-likeness (QED) is 0.775. The molecule has 3 rings (SSSR count). The summed E-state index contributed by atoms with van der Waals surface area (Å²) in [7, 11) is 2.05. The molecule has 0 aliphatic carbocycles. The lowest BCUT2D eigenvalue weighted by Crippen LogP contribution is -2.48. The Balaban J connectivity index is 1.39. The maximum absolute atomic E-state index is 11.6. The highest BCUT2D eigenvalue weighted by Crippen LogP contribution is 2.10. The van der Waals surface area contributed by atoms with Crippen LogP contribution in [0.5, 0.6) is 0 Å². The molecule has 0 N–H and O–H groups in total. The van der Waals surface area contributed by atoms with Crippen LogP contribution in [0.15, 0.2) is 12.4 Å². The van der Waals surface area contributed by atoms with Crippen LogP contribution in [0, 0.1) is 0 Å². The van der Waals surface area contributed by atoms with Crippen molar-refractivity contribution in [1.29, 1.82) is 0 Å². The van der Waals surface area contributed by atoms with E-state index in [1.807, 2.05) is 24.3 Å². The molecular weight excluding hydrogens is 266 g/mol. The van der Waals surface area contributed by atoms with Crippen LogP contribution in [0.2, 0.25) is 0 Å². The van der Waals surface area contributed by atoms with Gasteiger partial charge in [0.15, 0.2) is 0 Å². The number of carbonyl (C=O) groups excluding carboxylic acids is 1. The van der Waals surface area contributed by atoms with Crippen LogP contribution in [-0.2, 0) is 18.4 Å². The van der Waals surface area contributed by atoms with Gasteiger partial charge in [-0.3, -0.25) is 14.6 Å². The minimum atomic E-state index is 0.336. The third-order valence-corrected chi connectivity index (χ3v) is 4.61. The van der Waals surface area contributed by atoms with Crippen LogP contribution in [0.4, 0.5) is 0 Å². The highest BCUT2D eigenvalue weighted by atomic mass is 16.2. The van der Waals surface area contributed by atoms with Gasteiger partial charge in [0.25, 0.3) is 0 Å². The first-order valence-corrected chi connectivity index (χ1v) is 7.91. The van der Waals surface area contributed by atoms with Gasteiger partial charge in [0.2, 0.25) is 5.91 Å². The molecule has 0 saturated carbocycles. The molecule has 0 radical (unpaired) electrons. The Kier molecular flexibility index (Phi) is 4.55. The van der Waals surface area contributed by atoms with Crippen molar-refractivity contribution in [2.45, 2.75) is 19.4 Å². The van der Waals surface area contributed by atoms with Crippen molar-refractivity contribution < 1.29 is 4.79 Å². The third-order valence-electron chi connectivity index (χ3n) is 4.61. The zero-order valence-corrected chi connectivity index (χ0v) is 12.9. The minimum Gasteiger partial charge on any atom is -0.341 e. The molecule has 1 amide bonds. The summed E-state index contributed by atoms with van der Waals surface area (Å²) in [5, 5.41) is 0. The van der Waals surface area contributed by atoms with Gasteiger partial charge in [-0.05, 0) is 6.42 Å². The fraction of sp³-hybridized carbons (Fsp3) is 0.733. The van der Waals surface area contributed by atoms with Crippen LogP contribution in [-0.4, -0.2) is 76.0 Å². The van der Waals surface area contributed by atoms with Crippen LogP contribution in [0.25, 0.3) is 0 Å². The summed E-state index contributed by atoms with van der Waals surface area (Å²) in [5.41, 5.74) is 0. The zero-order valence-electron chi connectivity index (χ0n) is 12.9. The first-order chi connectivity index (χ1) is 10.2. The molecule has 1 aromatic heterocycles. The number of carbonyl (C=O) groups is 1. The zero-order chi connectivity index (χ0) is 14.7. The fourth-order valence-electron chi connectivity index (χ4n) is 3.12. The van der Waals surface area contributed by atoms with Gasteiger partial charge in [-0.1, -0.05) is 0 Å². The second kappa shape index (κ2) is 6.58. The lowest BCUT2D eigenvalue weighted by Gasteiger charge is -2.35. The number of amides is 1. The first-order valence-electron chi connectivity index (χ1n) is 7.91. The fourth-order valence-corrected chi connectivity index (χ4v) is 3.12. The molecule has 21 heavy (non-hydrogen) atoms. The second-order valence-electron chi connectivity index (χ2n) is 6.06. The third kappa shape index (κ3) is 3.63. The smallest absolute Gasteiger partial charge is 0.222 e. The molecule has 0 bridgehead atoms. The number of hydrogen-bond acceptors (Lipinski definition) is 4. The van der Waals surface area contributed by atoms with Crippen molar-refractivity contribution in [1.82, 2.24) is 24.3 Å². The highest BCUT2D eigenvalue weighted by Gasteiger charge is 2.22. The molecular formula is C15H25N5O. The molecule has 2 saturated heterocycles. The molecule has 1 aromatic rings. The Labute approximate surface area is 126 Å². The molecule has 2 fully saturated rings. The van der Waals surface area contributed by atoms with Crippen LogP contribution < -0.4 is 0 Å². The summed E-state index contributed by atoms with van der Waals surface area (Å²) in [6, 6.07) is 0. The summed E-state index contributed by atoms with van der Waals surface area (Å²) < 4.78 is 2.09. The van der Waals surface area contributed by atoms with E-state index in [9.17, 15) is 4.79 Å². The molecule has 6 nitrogen and oxygen atoms in total. The number of piperazine rings is 1. The molecule has 0 spiro atoms. The predicted octanol–water partition coefficient (Wildman–Crippen LogP) is 0.160. The summed E-state index contributed by atoms with van der Waals surface area (Å²) in [6.45, 7) is 8.15. The van der Waals surface area contributed by atoms with Gasteiger partial charge in [0.1, 0.15) is 5.82 Å². The standard InChI is InChI=1S/C15H25N5O/c1-17-6-4-16-14(17)13-19-9-7-18(8-10-19)11-12-20-5-2-3-15(20)21/h4,6H,2-3,5,7-13H2,1H3. The van der Waals surface area contributed by atoms with Gasteiger partial charge < -0.3 is 9.47 Å². The molecule has 0 unspecified atom stereocenters. The lowest BCUT2D eigenvalue weighted by atomic mass is 10.3. The van der Waals surface area contributed by atoms with E-state index < -0.39 is 0 Å². The SMILES string of the molecule is Cn1ccnc1CN1CCN(CCN2CCCC2=O)CC1. The Morgan fingerprint density at radius 2 is 1.86 bits per heavy atom. The van der Waals surface area contributed by atoms with E-state index in [1.54, 1.807) is 0 Å². The molecule has 116 valence electrons. The van der Waals surface area contributed by atoms with E-state index in [-0.39, 0.29) is 0 Å². The van der Waals surface area contributed by atoms with E-state index in [1.165, 1.54) is 0 Å². The van der Waals surface area contributed by atoms with Gasteiger partial charge in [0.05, 0.1) is 6.54 Å². The Morgan fingerprint density at radius 1 is 1.10 bits per heavy atom. The number of aromatic nitrogens is 2. The number of imidazole rings is 1. The van der Waals surface area contributed by atoms with Crippen LogP contribution in [0.3, 0.4) is 0 Å². The van der Waals surface area contributed by atoms with Gasteiger partial charge in [-0.25, -0.2) is 4.98 Å². The predicted molar refractivity (Wildman–Crippen MR) is 80.7 cm³/mol. The molecule has 2 aliphatic rings. The lowest BCUT2D eigenvalue weighted by molar-refractivity contribution is -0.127. The van der Waals surface area contributed by atoms with Gasteiger partial charge >= 0.3 is 0 Å². The van der Waals surface area contributed by atoms with Crippen molar-refractivity contribution in [3.8, 4) is 0 Å². The van der Waals surface area contributed by atoms with Crippen molar-refractivity contribution in [3.05, 3.63) is 18.2 Å². The number of nitrogens with zero attached hydrogens (tertiary/aromatic N) is 5. The highest BCUT2D eigenvalue weighted by molar-refractivity contribution is 5.78. The maximum atomic E-state index is 11.6. The van der Waals surface area contributed by atoms with Crippen LogP contribution in [0.1, 0.15) is 18.7 Å². The van der Waals surface area contributed by atoms with E-state index in [0.717, 1.165) is 71.0 Å². The minimum absolute atomic E-state index is 0.336. The molecule has 0 atom stereocenters. The molecule has 3 heterocycles. The van der Waals surface area contributed by atoms with Gasteiger partial charge in [-0.2, -0.15) is 0 Å². The largest absolute Gasteiger partial charge is 0.341 e. The van der Waals surface area contributed by atoms with Gasteiger partial charge in [-0.15, -0.1) is 0 Å². The maximum Gasteiger partial charge on any atom is 0.222 e. The monoisotopic (exact) mass is 291 g/mol. The summed E-state index contributed by atoms with van der Waals surface area (Å²) in [4.78, 5) is 22.9.